The van der Waals surface area contributed by atoms with E-state index in [2.05, 4.69) is 27.6 Å². The molecule has 2 rings (SSSR count). The summed E-state index contributed by atoms with van der Waals surface area (Å²) in [5.41, 5.74) is 1.34. The van der Waals surface area contributed by atoms with Gasteiger partial charge in [-0.15, -0.1) is 0 Å². The first-order valence-electron chi connectivity index (χ1n) is 4.76. The van der Waals surface area contributed by atoms with Crippen LogP contribution in [-0.2, 0) is 4.74 Å². The average molecular weight is 350 g/mol. The highest BCUT2D eigenvalue weighted by Gasteiger charge is 2.11. The first-order valence-corrected chi connectivity index (χ1v) is 6.22. The second-order valence-electron chi connectivity index (χ2n) is 3.26. The number of ether oxygens (including phenoxy) is 1. The molecule has 5 heteroatoms. The van der Waals surface area contributed by atoms with Crippen molar-refractivity contribution in [1.29, 1.82) is 0 Å². The molecule has 0 spiro atoms. The topological polar surface area (TPSA) is 42.1 Å². The number of carbonyl (C=O) groups excluding carboxylic acids is 1. The molecule has 3 nitrogen and oxygen atoms in total. The van der Waals surface area contributed by atoms with Gasteiger partial charge in [0.25, 0.3) is 0 Å². The molecule has 2 aromatic rings. The Morgan fingerprint density at radius 2 is 2.25 bits per heavy atom. The lowest BCUT2D eigenvalue weighted by Crippen LogP contribution is -2.04. The van der Waals surface area contributed by atoms with E-state index in [0.29, 0.717) is 17.3 Å². The number of esters is 1. The third kappa shape index (κ3) is 2.17. The average Bonchev–Trinajstić information content (AvgIpc) is 2.62. The van der Waals surface area contributed by atoms with Crippen molar-refractivity contribution in [3.8, 4) is 0 Å². The molecule has 1 N–H and O–H groups in total. The largest absolute Gasteiger partial charge is 0.461 e. The van der Waals surface area contributed by atoms with Crippen molar-refractivity contribution in [2.24, 2.45) is 0 Å². The third-order valence-electron chi connectivity index (χ3n) is 2.16. The van der Waals surface area contributed by atoms with Crippen LogP contribution >= 0.6 is 34.2 Å². The van der Waals surface area contributed by atoms with Gasteiger partial charge in [-0.2, -0.15) is 0 Å². The quantitative estimate of drug-likeness (QED) is 0.665. The Morgan fingerprint density at radius 1 is 1.50 bits per heavy atom. The van der Waals surface area contributed by atoms with Crippen LogP contribution < -0.4 is 0 Å². The molecule has 0 radical (unpaired) electrons. The molecule has 0 unspecified atom stereocenters. The maximum Gasteiger partial charge on any atom is 0.354 e. The number of fused-ring (bicyclic) bond motifs is 1. The van der Waals surface area contributed by atoms with Crippen molar-refractivity contribution in [3.63, 3.8) is 0 Å². The SMILES string of the molecule is CCOC(=O)c1cc2cc(Cl)c(I)cc2[nH]1. The highest BCUT2D eigenvalue weighted by atomic mass is 127. The number of rotatable bonds is 2. The first-order chi connectivity index (χ1) is 7.61. The number of hydrogen-bond acceptors (Lipinski definition) is 2. The van der Waals surface area contributed by atoms with Crippen LogP contribution in [0.3, 0.4) is 0 Å². The number of benzene rings is 1. The summed E-state index contributed by atoms with van der Waals surface area (Å²) in [4.78, 5) is 14.5. The van der Waals surface area contributed by atoms with E-state index in [1.165, 1.54) is 0 Å². The fourth-order valence-corrected chi connectivity index (χ4v) is 2.08. The molecule has 0 amide bonds. The highest BCUT2D eigenvalue weighted by Crippen LogP contribution is 2.25. The number of aromatic nitrogens is 1. The third-order valence-corrected chi connectivity index (χ3v) is 3.68. The second-order valence-corrected chi connectivity index (χ2v) is 4.83. The van der Waals surface area contributed by atoms with Crippen molar-refractivity contribution >= 4 is 51.1 Å². The van der Waals surface area contributed by atoms with Crippen LogP contribution in [0, 0.1) is 3.57 Å². The normalized spacial score (nSPS) is 10.7. The zero-order valence-corrected chi connectivity index (χ0v) is 11.4. The fraction of sp³-hybridized carbons (Fsp3) is 0.182. The molecule has 0 bridgehead atoms. The summed E-state index contributed by atoms with van der Waals surface area (Å²) in [7, 11) is 0. The van der Waals surface area contributed by atoms with Crippen LogP contribution in [0.25, 0.3) is 10.9 Å². The molecule has 0 saturated carbocycles. The molecule has 1 aromatic carbocycles. The predicted octanol–water partition coefficient (Wildman–Crippen LogP) is 3.60. The van der Waals surface area contributed by atoms with E-state index in [0.717, 1.165) is 14.5 Å². The van der Waals surface area contributed by atoms with E-state index in [-0.39, 0.29) is 5.97 Å². The molecule has 1 heterocycles. The summed E-state index contributed by atoms with van der Waals surface area (Å²) in [6.45, 7) is 2.15. The Balaban J connectivity index is 2.48. The van der Waals surface area contributed by atoms with Gasteiger partial charge in [-0.1, -0.05) is 11.6 Å². The number of nitrogens with one attached hydrogen (secondary N) is 1. The van der Waals surface area contributed by atoms with Crippen molar-refractivity contribution < 1.29 is 9.53 Å². The minimum absolute atomic E-state index is 0.343. The van der Waals surface area contributed by atoms with Crippen LogP contribution in [0.5, 0.6) is 0 Å². The van der Waals surface area contributed by atoms with Gasteiger partial charge < -0.3 is 9.72 Å². The zero-order valence-electron chi connectivity index (χ0n) is 8.51. The molecule has 16 heavy (non-hydrogen) atoms. The Labute approximate surface area is 111 Å². The summed E-state index contributed by atoms with van der Waals surface area (Å²) in [6.07, 6.45) is 0. The van der Waals surface area contributed by atoms with E-state index < -0.39 is 0 Å². The maximum absolute atomic E-state index is 11.5. The zero-order chi connectivity index (χ0) is 11.7. The summed E-state index contributed by atoms with van der Waals surface area (Å²) >= 11 is 8.15. The van der Waals surface area contributed by atoms with E-state index in [9.17, 15) is 4.79 Å². The maximum atomic E-state index is 11.5. The van der Waals surface area contributed by atoms with E-state index in [1.807, 2.05) is 12.1 Å². The minimum Gasteiger partial charge on any atom is -0.461 e. The number of H-pyrrole nitrogens is 1. The van der Waals surface area contributed by atoms with Crippen molar-refractivity contribution in [3.05, 3.63) is 32.5 Å². The number of halogens is 2. The minimum atomic E-state index is -0.343. The lowest BCUT2D eigenvalue weighted by molar-refractivity contribution is 0.0520. The van der Waals surface area contributed by atoms with E-state index in [4.69, 9.17) is 16.3 Å². The van der Waals surface area contributed by atoms with Crippen LogP contribution in [0.1, 0.15) is 17.4 Å². The van der Waals surface area contributed by atoms with Gasteiger partial charge in [-0.25, -0.2) is 4.79 Å². The number of aromatic amines is 1. The van der Waals surface area contributed by atoms with Crippen LogP contribution in [0.15, 0.2) is 18.2 Å². The van der Waals surface area contributed by atoms with Gasteiger partial charge in [0.1, 0.15) is 5.69 Å². The molecule has 84 valence electrons. The summed E-state index contributed by atoms with van der Waals surface area (Å²) in [6, 6.07) is 5.48. The van der Waals surface area contributed by atoms with Crippen molar-refractivity contribution in [1.82, 2.24) is 4.98 Å². The molecule has 0 aliphatic carbocycles. The lowest BCUT2D eigenvalue weighted by atomic mass is 10.2. The van der Waals surface area contributed by atoms with Gasteiger partial charge in [-0.3, -0.25) is 0 Å². The fourth-order valence-electron chi connectivity index (χ4n) is 1.45. The Hall–Kier alpha value is -0.750. The molecular formula is C11H9ClINO2. The molecule has 0 aliphatic rings. The summed E-state index contributed by atoms with van der Waals surface area (Å²) < 4.78 is 5.86. The molecule has 0 saturated heterocycles. The number of hydrogen-bond donors (Lipinski definition) is 1. The summed E-state index contributed by atoms with van der Waals surface area (Å²) in [5, 5.41) is 1.59. The second kappa shape index (κ2) is 4.63. The van der Waals surface area contributed by atoms with Gasteiger partial charge in [0.2, 0.25) is 0 Å². The lowest BCUT2D eigenvalue weighted by Gasteiger charge is -1.96. The van der Waals surface area contributed by atoms with Crippen LogP contribution in [0.2, 0.25) is 5.02 Å². The predicted molar refractivity (Wildman–Crippen MR) is 72.0 cm³/mol. The Kier molecular flexibility index (Phi) is 3.39. The molecule has 0 fully saturated rings. The standard InChI is InChI=1S/C11H9ClINO2/c1-2-16-11(15)10-4-6-3-7(12)8(13)5-9(6)14-10/h3-5,14H,2H2,1H3. The molecule has 0 aliphatic heterocycles. The summed E-state index contributed by atoms with van der Waals surface area (Å²) in [5.74, 6) is -0.343. The van der Waals surface area contributed by atoms with Gasteiger partial charge in [0, 0.05) is 14.5 Å². The Bertz CT molecular complexity index is 511. The molecule has 1 aromatic heterocycles. The first kappa shape index (κ1) is 11.7. The Morgan fingerprint density at radius 3 is 2.94 bits per heavy atom. The van der Waals surface area contributed by atoms with Crippen molar-refractivity contribution in [2.45, 2.75) is 6.92 Å². The van der Waals surface area contributed by atoms with E-state index >= 15 is 0 Å². The van der Waals surface area contributed by atoms with Gasteiger partial charge >= 0.3 is 5.97 Å². The highest BCUT2D eigenvalue weighted by molar-refractivity contribution is 14.1. The molecular weight excluding hydrogens is 340 g/mol. The van der Waals surface area contributed by atoms with Crippen LogP contribution in [-0.4, -0.2) is 17.6 Å². The van der Waals surface area contributed by atoms with Gasteiger partial charge in [0.15, 0.2) is 0 Å². The number of carbonyl (C=O) groups is 1. The smallest absolute Gasteiger partial charge is 0.354 e. The monoisotopic (exact) mass is 349 g/mol. The van der Waals surface area contributed by atoms with Crippen molar-refractivity contribution in [2.75, 3.05) is 6.61 Å². The van der Waals surface area contributed by atoms with E-state index in [1.54, 1.807) is 13.0 Å². The van der Waals surface area contributed by atoms with Crippen LogP contribution in [0.4, 0.5) is 0 Å². The van der Waals surface area contributed by atoms with Gasteiger partial charge in [0.05, 0.1) is 11.6 Å². The van der Waals surface area contributed by atoms with Gasteiger partial charge in [-0.05, 0) is 47.7 Å². The molecule has 0 atom stereocenters.